The van der Waals surface area contributed by atoms with E-state index in [2.05, 4.69) is 33.0 Å². The summed E-state index contributed by atoms with van der Waals surface area (Å²) in [6.07, 6.45) is 2.88. The van der Waals surface area contributed by atoms with Gasteiger partial charge in [-0.25, -0.2) is 0 Å². The zero-order valence-corrected chi connectivity index (χ0v) is 11.0. The third-order valence-corrected chi connectivity index (χ3v) is 2.43. The van der Waals surface area contributed by atoms with Crippen molar-refractivity contribution < 1.29 is 9.59 Å². The van der Waals surface area contributed by atoms with Gasteiger partial charge >= 0.3 is 0 Å². The Labute approximate surface area is 99.0 Å². The van der Waals surface area contributed by atoms with Crippen LogP contribution < -0.4 is 5.32 Å². The Morgan fingerprint density at radius 3 is 1.94 bits per heavy atom. The lowest BCUT2D eigenvalue weighted by Gasteiger charge is -2.07. The Morgan fingerprint density at radius 2 is 1.44 bits per heavy atom. The number of ketones is 1. The first-order chi connectivity index (χ1) is 7.41. The van der Waals surface area contributed by atoms with Crippen LogP contribution in [0.15, 0.2) is 0 Å². The van der Waals surface area contributed by atoms with Gasteiger partial charge in [-0.05, 0) is 24.7 Å². The van der Waals surface area contributed by atoms with E-state index < -0.39 is 0 Å². The molecule has 0 aromatic carbocycles. The molecule has 0 aliphatic heterocycles. The molecule has 0 spiro atoms. The van der Waals surface area contributed by atoms with E-state index in [1.807, 2.05) is 0 Å². The van der Waals surface area contributed by atoms with Gasteiger partial charge in [0.15, 0.2) is 5.78 Å². The lowest BCUT2D eigenvalue weighted by atomic mass is 10.1. The highest BCUT2D eigenvalue weighted by Crippen LogP contribution is 2.04. The topological polar surface area (TPSA) is 46.2 Å². The Morgan fingerprint density at radius 1 is 0.938 bits per heavy atom. The summed E-state index contributed by atoms with van der Waals surface area (Å²) in [4.78, 5) is 22.7. The predicted molar refractivity (Wildman–Crippen MR) is 66.2 cm³/mol. The smallest absolute Gasteiger partial charge is 0.220 e. The molecule has 16 heavy (non-hydrogen) atoms. The minimum Gasteiger partial charge on any atom is -0.349 e. The summed E-state index contributed by atoms with van der Waals surface area (Å²) in [5.41, 5.74) is 0. The maximum Gasteiger partial charge on any atom is 0.220 e. The van der Waals surface area contributed by atoms with Gasteiger partial charge in [-0.2, -0.15) is 0 Å². The molecule has 0 fully saturated rings. The molecule has 0 bridgehead atoms. The van der Waals surface area contributed by atoms with Crippen LogP contribution in [-0.4, -0.2) is 18.2 Å². The SMILES string of the molecule is CC(C)CCC(=O)CNC(=O)CCC(C)C. The van der Waals surface area contributed by atoms with Gasteiger partial charge in [-0.15, -0.1) is 0 Å². The van der Waals surface area contributed by atoms with Crippen molar-refractivity contribution in [3.63, 3.8) is 0 Å². The summed E-state index contributed by atoms with van der Waals surface area (Å²) in [6.45, 7) is 8.55. The molecule has 3 nitrogen and oxygen atoms in total. The van der Waals surface area contributed by atoms with Crippen molar-refractivity contribution in [1.82, 2.24) is 5.32 Å². The third kappa shape index (κ3) is 9.69. The molecule has 94 valence electrons. The zero-order valence-electron chi connectivity index (χ0n) is 11.0. The second-order valence-corrected chi connectivity index (χ2v) is 5.18. The lowest BCUT2D eigenvalue weighted by Crippen LogP contribution is -2.29. The largest absolute Gasteiger partial charge is 0.349 e. The van der Waals surface area contributed by atoms with E-state index in [4.69, 9.17) is 0 Å². The molecule has 0 radical (unpaired) electrons. The summed E-state index contributed by atoms with van der Waals surface area (Å²) in [5.74, 6) is 1.20. The van der Waals surface area contributed by atoms with Gasteiger partial charge in [0.1, 0.15) is 0 Å². The van der Waals surface area contributed by atoms with Gasteiger partial charge in [0.25, 0.3) is 0 Å². The number of rotatable bonds is 8. The molecule has 0 rings (SSSR count). The molecular formula is C13H25NO2. The standard InChI is InChI=1S/C13H25NO2/c1-10(2)5-7-12(15)9-14-13(16)8-6-11(3)4/h10-11H,5-9H2,1-4H3,(H,14,16). The zero-order chi connectivity index (χ0) is 12.6. The van der Waals surface area contributed by atoms with Crippen LogP contribution in [0.1, 0.15) is 53.4 Å². The monoisotopic (exact) mass is 227 g/mol. The molecule has 0 unspecified atom stereocenters. The Bertz CT molecular complexity index is 198. The van der Waals surface area contributed by atoms with E-state index in [9.17, 15) is 9.59 Å². The maximum atomic E-state index is 11.4. The van der Waals surface area contributed by atoms with Crippen molar-refractivity contribution >= 4 is 11.7 Å². The van der Waals surface area contributed by atoms with Crippen LogP contribution in [0.5, 0.6) is 0 Å². The lowest BCUT2D eigenvalue weighted by molar-refractivity contribution is -0.125. The summed E-state index contributed by atoms with van der Waals surface area (Å²) in [6, 6.07) is 0. The molecular weight excluding hydrogens is 202 g/mol. The van der Waals surface area contributed by atoms with E-state index in [1.165, 1.54) is 0 Å². The van der Waals surface area contributed by atoms with Gasteiger partial charge in [0.05, 0.1) is 6.54 Å². The van der Waals surface area contributed by atoms with E-state index in [-0.39, 0.29) is 18.2 Å². The van der Waals surface area contributed by atoms with Gasteiger partial charge in [-0.1, -0.05) is 27.7 Å². The minimum absolute atomic E-state index is 0.00778. The first-order valence-corrected chi connectivity index (χ1v) is 6.20. The fourth-order valence-electron chi connectivity index (χ4n) is 1.24. The minimum atomic E-state index is -0.00778. The summed E-state index contributed by atoms with van der Waals surface area (Å²) in [7, 11) is 0. The van der Waals surface area contributed by atoms with Crippen molar-refractivity contribution in [2.45, 2.75) is 53.4 Å². The van der Waals surface area contributed by atoms with Crippen molar-refractivity contribution in [3.8, 4) is 0 Å². The number of carbonyl (C=O) groups excluding carboxylic acids is 2. The fraction of sp³-hybridized carbons (Fsp3) is 0.846. The highest BCUT2D eigenvalue weighted by atomic mass is 16.2. The first-order valence-electron chi connectivity index (χ1n) is 6.20. The van der Waals surface area contributed by atoms with Crippen molar-refractivity contribution in [2.75, 3.05) is 6.54 Å². The predicted octanol–water partition coefficient (Wildman–Crippen LogP) is 2.54. The number of hydrogen-bond donors (Lipinski definition) is 1. The highest BCUT2D eigenvalue weighted by molar-refractivity contribution is 5.85. The van der Waals surface area contributed by atoms with Crippen molar-refractivity contribution in [2.24, 2.45) is 11.8 Å². The number of carbonyl (C=O) groups is 2. The van der Waals surface area contributed by atoms with Gasteiger partial charge in [0.2, 0.25) is 5.91 Å². The van der Waals surface area contributed by atoms with Crippen LogP contribution in [-0.2, 0) is 9.59 Å². The van der Waals surface area contributed by atoms with E-state index in [1.54, 1.807) is 0 Å². The Balaban J connectivity index is 3.55. The average Bonchev–Trinajstić information content (AvgIpc) is 2.20. The molecule has 0 aliphatic rings. The van der Waals surface area contributed by atoms with E-state index in [0.29, 0.717) is 24.7 Å². The molecule has 0 saturated carbocycles. The van der Waals surface area contributed by atoms with E-state index in [0.717, 1.165) is 12.8 Å². The summed E-state index contributed by atoms with van der Waals surface area (Å²) < 4.78 is 0. The normalized spacial score (nSPS) is 10.9. The van der Waals surface area contributed by atoms with Crippen LogP contribution in [0.2, 0.25) is 0 Å². The molecule has 0 aliphatic carbocycles. The van der Waals surface area contributed by atoms with Crippen LogP contribution in [0.3, 0.4) is 0 Å². The summed E-state index contributed by atoms with van der Waals surface area (Å²) in [5, 5.41) is 2.67. The van der Waals surface area contributed by atoms with Gasteiger partial charge in [-0.3, -0.25) is 9.59 Å². The molecule has 1 N–H and O–H groups in total. The first kappa shape index (κ1) is 15.1. The molecule has 0 saturated heterocycles. The molecule has 0 atom stereocenters. The molecule has 0 aromatic rings. The Kier molecular flexibility index (Phi) is 7.86. The van der Waals surface area contributed by atoms with Gasteiger partial charge < -0.3 is 5.32 Å². The molecule has 0 aromatic heterocycles. The van der Waals surface area contributed by atoms with Crippen LogP contribution in [0, 0.1) is 11.8 Å². The maximum absolute atomic E-state index is 11.4. The van der Waals surface area contributed by atoms with Gasteiger partial charge in [0, 0.05) is 12.8 Å². The number of amides is 1. The fourth-order valence-corrected chi connectivity index (χ4v) is 1.24. The van der Waals surface area contributed by atoms with Crippen LogP contribution in [0.4, 0.5) is 0 Å². The van der Waals surface area contributed by atoms with Crippen molar-refractivity contribution in [3.05, 3.63) is 0 Å². The average molecular weight is 227 g/mol. The van der Waals surface area contributed by atoms with E-state index >= 15 is 0 Å². The number of nitrogens with one attached hydrogen (secondary N) is 1. The van der Waals surface area contributed by atoms with Crippen LogP contribution in [0.25, 0.3) is 0 Å². The highest BCUT2D eigenvalue weighted by Gasteiger charge is 2.07. The second kappa shape index (κ2) is 8.31. The number of hydrogen-bond acceptors (Lipinski definition) is 2. The summed E-state index contributed by atoms with van der Waals surface area (Å²) >= 11 is 0. The quantitative estimate of drug-likeness (QED) is 0.692. The van der Waals surface area contributed by atoms with Crippen molar-refractivity contribution in [1.29, 1.82) is 0 Å². The number of Topliss-reactive ketones (excluding diaryl/α,β-unsaturated/α-hetero) is 1. The Hall–Kier alpha value is -0.860. The third-order valence-electron chi connectivity index (χ3n) is 2.43. The molecule has 3 heteroatoms. The molecule has 1 amide bonds. The van der Waals surface area contributed by atoms with Crippen LogP contribution >= 0.6 is 0 Å². The molecule has 0 heterocycles. The second-order valence-electron chi connectivity index (χ2n) is 5.18.